The van der Waals surface area contributed by atoms with Gasteiger partial charge in [-0.3, -0.25) is 14.4 Å². The molecule has 3 amide bonds. The Morgan fingerprint density at radius 2 is 1.23 bits per heavy atom. The van der Waals surface area contributed by atoms with Crippen molar-refractivity contribution in [3.63, 3.8) is 0 Å². The van der Waals surface area contributed by atoms with E-state index in [-0.39, 0.29) is 30.8 Å². The summed E-state index contributed by atoms with van der Waals surface area (Å²) in [5.41, 5.74) is -0.180. The summed E-state index contributed by atoms with van der Waals surface area (Å²) in [5, 5.41) is 8.17. The van der Waals surface area contributed by atoms with Crippen LogP contribution in [0, 0.1) is 0 Å². The summed E-state index contributed by atoms with van der Waals surface area (Å²) in [4.78, 5) is 52.8. The van der Waals surface area contributed by atoms with Crippen LogP contribution in [0.1, 0.15) is 51.3 Å². The van der Waals surface area contributed by atoms with Gasteiger partial charge in [0.05, 0.1) is 11.1 Å². The maximum absolute atomic E-state index is 13.3. The molecule has 0 atom stereocenters. The van der Waals surface area contributed by atoms with Crippen molar-refractivity contribution in [1.82, 2.24) is 16.0 Å². The summed E-state index contributed by atoms with van der Waals surface area (Å²) >= 11 is 0. The van der Waals surface area contributed by atoms with Crippen molar-refractivity contribution in [1.29, 1.82) is 0 Å². The van der Waals surface area contributed by atoms with Gasteiger partial charge in [0.25, 0.3) is 5.91 Å². The van der Waals surface area contributed by atoms with E-state index in [2.05, 4.69) is 16.0 Å². The average molecular weight is 646 g/mol. The van der Waals surface area contributed by atoms with Gasteiger partial charge in [0.15, 0.2) is 5.41 Å². The molecule has 8 nitrogen and oxygen atoms in total. The van der Waals surface area contributed by atoms with Gasteiger partial charge in [-0.25, -0.2) is 4.79 Å². The van der Waals surface area contributed by atoms with Crippen LogP contribution >= 0.6 is 0 Å². The van der Waals surface area contributed by atoms with E-state index in [1.165, 1.54) is 24.3 Å². The molecule has 4 aromatic carbocycles. The van der Waals surface area contributed by atoms with Crippen molar-refractivity contribution in [3.05, 3.63) is 131 Å². The van der Waals surface area contributed by atoms with E-state index in [4.69, 9.17) is 4.74 Å². The highest BCUT2D eigenvalue weighted by Gasteiger charge is 2.48. The average Bonchev–Trinajstić information content (AvgIpc) is 3.08. The first-order valence-corrected chi connectivity index (χ1v) is 14.9. The highest BCUT2D eigenvalue weighted by atomic mass is 19.4. The summed E-state index contributed by atoms with van der Waals surface area (Å²) in [6.07, 6.45) is -4.47. The van der Waals surface area contributed by atoms with Gasteiger partial charge in [0.1, 0.15) is 6.61 Å². The SMILES string of the molecule is CCNC(=O)C(COC(=O)c1ccc(CNC(=O)c2ccccc2-c2ccc(C(F)(F)F)cc2)cc1)(C(=O)NCC)c1ccccc1. The lowest BCUT2D eigenvalue weighted by molar-refractivity contribution is -0.140. The monoisotopic (exact) mass is 645 g/mol. The smallest absolute Gasteiger partial charge is 0.416 e. The van der Waals surface area contributed by atoms with Crippen molar-refractivity contribution in [2.75, 3.05) is 19.7 Å². The predicted octanol–water partition coefficient (Wildman–Crippen LogP) is 5.67. The normalized spacial score (nSPS) is 11.3. The number of benzene rings is 4. The lowest BCUT2D eigenvalue weighted by atomic mass is 9.79. The maximum Gasteiger partial charge on any atom is 0.416 e. The van der Waals surface area contributed by atoms with Gasteiger partial charge in [0.2, 0.25) is 11.8 Å². The quantitative estimate of drug-likeness (QED) is 0.136. The lowest BCUT2D eigenvalue weighted by Gasteiger charge is -2.31. The number of amides is 3. The zero-order valence-electron chi connectivity index (χ0n) is 25.8. The number of nitrogens with one attached hydrogen (secondary N) is 3. The van der Waals surface area contributed by atoms with Crippen LogP contribution in [-0.2, 0) is 32.5 Å². The largest absolute Gasteiger partial charge is 0.460 e. The molecule has 47 heavy (non-hydrogen) atoms. The van der Waals surface area contributed by atoms with Crippen LogP contribution in [0.5, 0.6) is 0 Å². The number of ether oxygens (including phenoxy) is 1. The van der Waals surface area contributed by atoms with Gasteiger partial charge in [-0.15, -0.1) is 0 Å². The molecule has 4 aromatic rings. The van der Waals surface area contributed by atoms with Gasteiger partial charge in [-0.2, -0.15) is 13.2 Å². The molecule has 0 spiro atoms. The van der Waals surface area contributed by atoms with Crippen molar-refractivity contribution in [2.24, 2.45) is 0 Å². The van der Waals surface area contributed by atoms with E-state index in [0.29, 0.717) is 22.3 Å². The van der Waals surface area contributed by atoms with Crippen LogP contribution in [0.4, 0.5) is 13.2 Å². The number of carbonyl (C=O) groups is 4. The third-order valence-corrected chi connectivity index (χ3v) is 7.47. The molecular weight excluding hydrogens is 611 g/mol. The zero-order chi connectivity index (χ0) is 34.0. The van der Waals surface area contributed by atoms with Crippen molar-refractivity contribution in [3.8, 4) is 11.1 Å². The molecule has 11 heteroatoms. The summed E-state index contributed by atoms with van der Waals surface area (Å²) < 4.78 is 44.6. The Bertz CT molecular complexity index is 1690. The van der Waals surface area contributed by atoms with E-state index in [1.54, 1.807) is 80.6 Å². The standard InChI is InChI=1S/C36H34F3N3O5/c1-3-40-33(45)35(34(46)41-4-2,27-10-6-5-7-11-27)23-47-32(44)26-16-14-24(15-17-26)22-42-31(43)30-13-9-8-12-29(30)25-18-20-28(21-19-25)36(37,38)39/h5-21H,3-4,22-23H2,1-2H3,(H,40,45)(H,41,46)(H,42,43). The third-order valence-electron chi connectivity index (χ3n) is 7.47. The number of halogens is 3. The molecule has 0 saturated heterocycles. The fourth-order valence-electron chi connectivity index (χ4n) is 4.99. The molecule has 244 valence electrons. The first-order chi connectivity index (χ1) is 22.5. The minimum absolute atomic E-state index is 0.0982. The van der Waals surface area contributed by atoms with E-state index in [1.807, 2.05) is 0 Å². The molecule has 0 aromatic heterocycles. The number of esters is 1. The summed E-state index contributed by atoms with van der Waals surface area (Å²) in [6.45, 7) is 3.53. The number of likely N-dealkylation sites (N-methyl/N-ethyl adjacent to an activating group) is 2. The van der Waals surface area contributed by atoms with Gasteiger partial charge >= 0.3 is 12.1 Å². The lowest BCUT2D eigenvalue weighted by Crippen LogP contribution is -2.57. The van der Waals surface area contributed by atoms with Crippen LogP contribution in [0.25, 0.3) is 11.1 Å². The van der Waals surface area contributed by atoms with Gasteiger partial charge in [0, 0.05) is 25.2 Å². The highest BCUT2D eigenvalue weighted by molar-refractivity contribution is 6.11. The number of hydrogen-bond donors (Lipinski definition) is 3. The number of hydrogen-bond acceptors (Lipinski definition) is 5. The fraction of sp³-hybridized carbons (Fsp3) is 0.222. The molecule has 0 aliphatic heterocycles. The first kappa shape index (κ1) is 34.4. The molecule has 0 heterocycles. The van der Waals surface area contributed by atoms with Gasteiger partial charge in [-0.05, 0) is 66.4 Å². The summed E-state index contributed by atoms with van der Waals surface area (Å²) in [6, 6.07) is 25.8. The topological polar surface area (TPSA) is 114 Å². The van der Waals surface area contributed by atoms with E-state index in [0.717, 1.165) is 12.1 Å². The molecule has 0 saturated carbocycles. The molecule has 0 fully saturated rings. The minimum atomic E-state index is -4.47. The van der Waals surface area contributed by atoms with E-state index < -0.39 is 47.5 Å². The van der Waals surface area contributed by atoms with Crippen LogP contribution in [0.2, 0.25) is 0 Å². The second-order valence-electron chi connectivity index (χ2n) is 10.6. The molecule has 0 bridgehead atoms. The molecule has 0 radical (unpaired) electrons. The zero-order valence-corrected chi connectivity index (χ0v) is 25.8. The van der Waals surface area contributed by atoms with E-state index >= 15 is 0 Å². The second-order valence-corrected chi connectivity index (χ2v) is 10.6. The number of carbonyl (C=O) groups excluding carboxylic acids is 4. The number of alkyl halides is 3. The maximum atomic E-state index is 13.3. The Kier molecular flexibility index (Phi) is 11.1. The van der Waals surface area contributed by atoms with Crippen molar-refractivity contribution in [2.45, 2.75) is 32.0 Å². The molecule has 3 N–H and O–H groups in total. The van der Waals surface area contributed by atoms with Crippen LogP contribution in [0.3, 0.4) is 0 Å². The minimum Gasteiger partial charge on any atom is -0.460 e. The predicted molar refractivity (Wildman–Crippen MR) is 170 cm³/mol. The number of rotatable bonds is 12. The molecule has 0 aliphatic rings. The molecule has 0 aliphatic carbocycles. The Labute approximate surface area is 270 Å². The summed E-state index contributed by atoms with van der Waals surface area (Å²) in [5.74, 6) is -2.39. The van der Waals surface area contributed by atoms with Gasteiger partial charge in [-0.1, -0.05) is 72.8 Å². The molecule has 0 unspecified atom stereocenters. The van der Waals surface area contributed by atoms with Crippen LogP contribution in [0.15, 0.2) is 103 Å². The van der Waals surface area contributed by atoms with Crippen molar-refractivity contribution < 1.29 is 37.1 Å². The summed E-state index contributed by atoms with van der Waals surface area (Å²) in [7, 11) is 0. The van der Waals surface area contributed by atoms with Crippen LogP contribution < -0.4 is 16.0 Å². The first-order valence-electron chi connectivity index (χ1n) is 14.9. The van der Waals surface area contributed by atoms with Gasteiger partial charge < -0.3 is 20.7 Å². The van der Waals surface area contributed by atoms with Crippen LogP contribution in [-0.4, -0.2) is 43.4 Å². The second kappa shape index (κ2) is 15.2. The fourth-order valence-corrected chi connectivity index (χ4v) is 4.99. The van der Waals surface area contributed by atoms with Crippen molar-refractivity contribution >= 4 is 23.7 Å². The molecule has 4 rings (SSSR count). The highest BCUT2D eigenvalue weighted by Crippen LogP contribution is 2.32. The third kappa shape index (κ3) is 8.04. The Morgan fingerprint density at radius 3 is 1.81 bits per heavy atom. The van der Waals surface area contributed by atoms with E-state index in [9.17, 15) is 32.3 Å². The molecular formula is C36H34F3N3O5. The Balaban J connectivity index is 1.45. The Morgan fingerprint density at radius 1 is 0.660 bits per heavy atom. The Hall–Kier alpha value is -5.45.